The molecule has 0 bridgehead atoms. The smallest absolute Gasteiger partial charge is 0.410 e. The van der Waals surface area contributed by atoms with Crippen molar-refractivity contribution in [2.75, 3.05) is 11.9 Å². The van der Waals surface area contributed by atoms with Crippen molar-refractivity contribution in [3.63, 3.8) is 0 Å². The summed E-state index contributed by atoms with van der Waals surface area (Å²) >= 11 is 0. The third-order valence-corrected chi connectivity index (χ3v) is 5.59. The zero-order valence-electron chi connectivity index (χ0n) is 22.5. The lowest BCUT2D eigenvalue weighted by Crippen LogP contribution is -2.37. The van der Waals surface area contributed by atoms with Crippen LogP contribution in [0.2, 0.25) is 0 Å². The highest BCUT2D eigenvalue weighted by Gasteiger charge is 2.22. The van der Waals surface area contributed by atoms with Crippen LogP contribution in [0.15, 0.2) is 78.9 Å². The number of hydrogen-bond donors (Lipinski definition) is 1. The standard InChI is InChI=1S/C31H38N2O4/c1-23(2)29(34)32-27-13-9-12-26(20-27)22-36-28-16-14-25(15-17-28)21-33(30(35)37-31(3,4)5)19-18-24-10-7-6-8-11-24/h6-17,20,23H,18-19,21-22H2,1-5H3,(H,32,34). The first-order chi connectivity index (χ1) is 17.6. The molecule has 0 spiro atoms. The van der Waals surface area contributed by atoms with Gasteiger partial charge in [0.15, 0.2) is 0 Å². The summed E-state index contributed by atoms with van der Waals surface area (Å²) < 4.78 is 11.6. The molecule has 0 aliphatic carbocycles. The maximum Gasteiger partial charge on any atom is 0.410 e. The van der Waals surface area contributed by atoms with Crippen molar-refractivity contribution in [2.24, 2.45) is 5.92 Å². The molecule has 3 rings (SSSR count). The summed E-state index contributed by atoms with van der Waals surface area (Å²) in [6, 6.07) is 25.5. The van der Waals surface area contributed by atoms with Crippen LogP contribution in [0.25, 0.3) is 0 Å². The highest BCUT2D eigenvalue weighted by molar-refractivity contribution is 5.92. The van der Waals surface area contributed by atoms with Gasteiger partial charge in [-0.25, -0.2) is 4.79 Å². The number of amides is 2. The molecule has 3 aromatic rings. The van der Waals surface area contributed by atoms with Gasteiger partial charge >= 0.3 is 6.09 Å². The Labute approximate surface area is 220 Å². The Hall–Kier alpha value is -3.80. The third-order valence-electron chi connectivity index (χ3n) is 5.59. The molecule has 3 aromatic carbocycles. The van der Waals surface area contributed by atoms with E-state index in [0.717, 1.165) is 29.0 Å². The van der Waals surface area contributed by atoms with Crippen molar-refractivity contribution in [3.05, 3.63) is 95.6 Å². The third kappa shape index (κ3) is 9.64. The summed E-state index contributed by atoms with van der Waals surface area (Å²) in [4.78, 5) is 26.6. The largest absolute Gasteiger partial charge is 0.489 e. The minimum atomic E-state index is -0.561. The van der Waals surface area contributed by atoms with E-state index < -0.39 is 5.60 Å². The highest BCUT2D eigenvalue weighted by Crippen LogP contribution is 2.19. The molecule has 0 atom stereocenters. The van der Waals surface area contributed by atoms with E-state index in [1.165, 1.54) is 5.56 Å². The first-order valence-electron chi connectivity index (χ1n) is 12.7. The van der Waals surface area contributed by atoms with E-state index in [2.05, 4.69) is 17.4 Å². The van der Waals surface area contributed by atoms with E-state index in [1.807, 2.05) is 101 Å². The monoisotopic (exact) mass is 502 g/mol. The molecule has 2 amide bonds. The van der Waals surface area contributed by atoms with Gasteiger partial charge in [-0.15, -0.1) is 0 Å². The molecular formula is C31H38N2O4. The van der Waals surface area contributed by atoms with Gasteiger partial charge in [0, 0.05) is 24.7 Å². The van der Waals surface area contributed by atoms with Crippen LogP contribution < -0.4 is 10.1 Å². The lowest BCUT2D eigenvalue weighted by molar-refractivity contribution is -0.118. The van der Waals surface area contributed by atoms with Gasteiger partial charge in [-0.05, 0) is 68.1 Å². The second-order valence-corrected chi connectivity index (χ2v) is 10.4. The first-order valence-corrected chi connectivity index (χ1v) is 12.7. The van der Waals surface area contributed by atoms with Crippen LogP contribution in [-0.4, -0.2) is 29.0 Å². The number of nitrogens with zero attached hydrogens (tertiary/aromatic N) is 1. The van der Waals surface area contributed by atoms with E-state index in [-0.39, 0.29) is 17.9 Å². The zero-order valence-corrected chi connectivity index (χ0v) is 22.5. The summed E-state index contributed by atoms with van der Waals surface area (Å²) in [7, 11) is 0. The summed E-state index contributed by atoms with van der Waals surface area (Å²) in [5, 5.41) is 2.91. The fraction of sp³-hybridized carbons (Fsp3) is 0.355. The molecule has 1 N–H and O–H groups in total. The fourth-order valence-electron chi connectivity index (χ4n) is 3.57. The number of anilines is 1. The van der Waals surface area contributed by atoms with Crippen molar-refractivity contribution >= 4 is 17.7 Å². The average molecular weight is 503 g/mol. The molecule has 6 nitrogen and oxygen atoms in total. The van der Waals surface area contributed by atoms with Crippen molar-refractivity contribution in [2.45, 2.75) is 59.8 Å². The van der Waals surface area contributed by atoms with Gasteiger partial charge in [0.2, 0.25) is 5.91 Å². The molecule has 0 radical (unpaired) electrons. The molecule has 0 saturated heterocycles. The van der Waals surface area contributed by atoms with Crippen molar-refractivity contribution in [1.29, 1.82) is 0 Å². The first kappa shape index (κ1) is 27.8. The zero-order chi connectivity index (χ0) is 26.8. The van der Waals surface area contributed by atoms with Crippen LogP contribution in [0.1, 0.15) is 51.3 Å². The van der Waals surface area contributed by atoms with E-state index in [9.17, 15) is 9.59 Å². The van der Waals surface area contributed by atoms with Crippen LogP contribution >= 0.6 is 0 Å². The summed E-state index contributed by atoms with van der Waals surface area (Å²) in [5.74, 6) is 0.634. The molecule has 0 fully saturated rings. The minimum Gasteiger partial charge on any atom is -0.489 e. The number of carbonyl (C=O) groups is 2. The predicted molar refractivity (Wildman–Crippen MR) is 147 cm³/mol. The van der Waals surface area contributed by atoms with Crippen LogP contribution in [0.3, 0.4) is 0 Å². The predicted octanol–water partition coefficient (Wildman–Crippen LogP) is 6.84. The summed E-state index contributed by atoms with van der Waals surface area (Å²) in [6.07, 6.45) is 0.422. The van der Waals surface area contributed by atoms with Crippen molar-refractivity contribution < 1.29 is 19.1 Å². The average Bonchev–Trinajstić information content (AvgIpc) is 2.85. The molecule has 196 valence electrons. The number of carbonyl (C=O) groups excluding carboxylic acids is 2. The fourth-order valence-corrected chi connectivity index (χ4v) is 3.57. The van der Waals surface area contributed by atoms with E-state index in [0.29, 0.717) is 19.7 Å². The van der Waals surface area contributed by atoms with E-state index in [4.69, 9.17) is 9.47 Å². The Morgan fingerprint density at radius 3 is 2.19 bits per heavy atom. The molecule has 6 heteroatoms. The molecule has 0 unspecified atom stereocenters. The normalized spacial score (nSPS) is 11.2. The lowest BCUT2D eigenvalue weighted by atomic mass is 10.1. The van der Waals surface area contributed by atoms with E-state index in [1.54, 1.807) is 4.90 Å². The van der Waals surface area contributed by atoms with Crippen LogP contribution in [0.4, 0.5) is 10.5 Å². The summed E-state index contributed by atoms with van der Waals surface area (Å²) in [5.41, 5.74) is 3.32. The topological polar surface area (TPSA) is 67.9 Å². The maximum atomic E-state index is 12.9. The second-order valence-electron chi connectivity index (χ2n) is 10.4. The van der Waals surface area contributed by atoms with E-state index >= 15 is 0 Å². The van der Waals surface area contributed by atoms with Gasteiger partial charge in [0.1, 0.15) is 18.0 Å². The molecule has 0 saturated carbocycles. The molecule has 0 aliphatic rings. The summed E-state index contributed by atoms with van der Waals surface area (Å²) in [6.45, 7) is 10.7. The van der Waals surface area contributed by atoms with Gasteiger partial charge in [-0.2, -0.15) is 0 Å². The Bertz CT molecular complexity index is 1150. The molecule has 0 aliphatic heterocycles. The van der Waals surface area contributed by atoms with Gasteiger partial charge in [-0.3, -0.25) is 4.79 Å². The number of ether oxygens (including phenoxy) is 2. The molecule has 0 aromatic heterocycles. The Balaban J connectivity index is 1.60. The van der Waals surface area contributed by atoms with Crippen LogP contribution in [0.5, 0.6) is 5.75 Å². The highest BCUT2D eigenvalue weighted by atomic mass is 16.6. The Kier molecular flexibility index (Phi) is 9.72. The molecule has 0 heterocycles. The molecule has 37 heavy (non-hydrogen) atoms. The number of benzene rings is 3. The number of hydrogen-bond acceptors (Lipinski definition) is 4. The van der Waals surface area contributed by atoms with Crippen LogP contribution in [-0.2, 0) is 29.1 Å². The minimum absolute atomic E-state index is 0.0159. The van der Waals surface area contributed by atoms with Crippen LogP contribution in [0, 0.1) is 5.92 Å². The SMILES string of the molecule is CC(C)C(=O)Nc1cccc(COc2ccc(CN(CCc3ccccc3)C(=O)OC(C)(C)C)cc2)c1. The van der Waals surface area contributed by atoms with Crippen molar-refractivity contribution in [3.8, 4) is 5.75 Å². The number of nitrogens with one attached hydrogen (secondary N) is 1. The molecular weight excluding hydrogens is 464 g/mol. The Morgan fingerprint density at radius 1 is 0.865 bits per heavy atom. The van der Waals surface area contributed by atoms with Gasteiger partial charge < -0.3 is 19.7 Å². The quantitative estimate of drug-likeness (QED) is 0.330. The van der Waals surface area contributed by atoms with Gasteiger partial charge in [-0.1, -0.05) is 68.4 Å². The van der Waals surface area contributed by atoms with Gasteiger partial charge in [0.05, 0.1) is 0 Å². The second kappa shape index (κ2) is 12.9. The van der Waals surface area contributed by atoms with Crippen molar-refractivity contribution in [1.82, 2.24) is 4.90 Å². The lowest BCUT2D eigenvalue weighted by Gasteiger charge is -2.27. The Morgan fingerprint density at radius 2 is 1.54 bits per heavy atom. The number of rotatable bonds is 10. The maximum absolute atomic E-state index is 12.9. The van der Waals surface area contributed by atoms with Gasteiger partial charge in [0.25, 0.3) is 0 Å².